The normalized spacial score (nSPS) is 39.3. The third-order valence-electron chi connectivity index (χ3n) is 10.8. The number of hydrogen-bond donors (Lipinski definition) is 0. The number of para-hydroxylation sites is 2. The first-order chi connectivity index (χ1) is 19.6. The lowest BCUT2D eigenvalue weighted by molar-refractivity contribution is -0.220. The summed E-state index contributed by atoms with van der Waals surface area (Å²) in [6, 6.07) is 7.03. The summed E-state index contributed by atoms with van der Waals surface area (Å²) in [7, 11) is 0. The Morgan fingerprint density at radius 2 is 1.82 bits per heavy atom. The number of benzene rings is 1. The molecule has 0 radical (unpaired) electrons. The number of carbonyl (C=O) groups excluding carboxylic acids is 2. The first kappa shape index (κ1) is 25.0. The van der Waals surface area contributed by atoms with Gasteiger partial charge >= 0.3 is 0 Å². The second-order valence-electron chi connectivity index (χ2n) is 12.7. The Morgan fingerprint density at radius 3 is 2.70 bits per heavy atom. The third kappa shape index (κ3) is 3.73. The largest absolute Gasteiger partial charge is 0.378 e. The molecule has 212 valence electrons. The number of imidazole rings is 1. The Bertz CT molecular complexity index is 1350. The summed E-state index contributed by atoms with van der Waals surface area (Å²) in [5.41, 5.74) is 1.92. The van der Waals surface area contributed by atoms with Crippen molar-refractivity contribution >= 4 is 22.7 Å². The van der Waals surface area contributed by atoms with Crippen molar-refractivity contribution in [3.63, 3.8) is 0 Å². The van der Waals surface area contributed by atoms with Crippen LogP contribution < -0.4 is 0 Å². The summed E-state index contributed by atoms with van der Waals surface area (Å²) in [6.07, 6.45) is 8.74. The molecule has 1 aromatic heterocycles. The van der Waals surface area contributed by atoms with E-state index < -0.39 is 24.2 Å². The van der Waals surface area contributed by atoms with Crippen LogP contribution in [0.3, 0.4) is 0 Å². The Kier molecular flexibility index (Phi) is 6.03. The number of alkyl halides is 1. The van der Waals surface area contributed by atoms with E-state index >= 15 is 4.39 Å². The number of ketones is 1. The molecule has 8 rings (SSSR count). The molecule has 9 atom stereocenters. The number of aromatic nitrogens is 2. The molecular formula is C31H37FN4O4. The average Bonchev–Trinajstić information content (AvgIpc) is 3.42. The fourth-order valence-corrected chi connectivity index (χ4v) is 9.02. The van der Waals surface area contributed by atoms with Crippen molar-refractivity contribution in [2.24, 2.45) is 17.8 Å². The van der Waals surface area contributed by atoms with Crippen LogP contribution in [0.25, 0.3) is 11.0 Å². The Labute approximate surface area is 233 Å². The van der Waals surface area contributed by atoms with Crippen molar-refractivity contribution in [3.8, 4) is 0 Å². The molecule has 1 aromatic carbocycles. The van der Waals surface area contributed by atoms with E-state index in [4.69, 9.17) is 9.47 Å². The number of carbonyl (C=O) groups is 2. The summed E-state index contributed by atoms with van der Waals surface area (Å²) in [6.45, 7) is 1.89. The van der Waals surface area contributed by atoms with Gasteiger partial charge in [0.05, 0.1) is 60.4 Å². The van der Waals surface area contributed by atoms with Crippen molar-refractivity contribution in [1.82, 2.24) is 19.4 Å². The molecule has 0 bridgehead atoms. The van der Waals surface area contributed by atoms with Crippen molar-refractivity contribution in [2.45, 2.75) is 81.5 Å². The predicted octanol–water partition coefficient (Wildman–Crippen LogP) is 3.67. The van der Waals surface area contributed by atoms with Crippen LogP contribution in [-0.2, 0) is 19.1 Å². The lowest BCUT2D eigenvalue weighted by Crippen LogP contribution is -2.71. The van der Waals surface area contributed by atoms with Gasteiger partial charge in [0.1, 0.15) is 12.3 Å². The number of amides is 1. The number of hydrogen-bond acceptors (Lipinski definition) is 6. The third-order valence-corrected chi connectivity index (χ3v) is 10.8. The standard InChI is InChI=1S/C31H37FN4O4/c32-22-15-20-27-30(28(22)36-17-33-23-7-3-4-8-24(23)36)40-25-10-9-18-5-1-2-6-19(18)26(25)35(27)16-21(29(20)37)31(38)34-11-13-39-14-12-34/h3-4,7-8,16-20,22,25-28,30H,1-2,5-6,9-15H2. The molecule has 40 heavy (non-hydrogen) atoms. The lowest BCUT2D eigenvalue weighted by atomic mass is 9.63. The summed E-state index contributed by atoms with van der Waals surface area (Å²) in [4.78, 5) is 36.4. The van der Waals surface area contributed by atoms with E-state index in [1.807, 2.05) is 35.0 Å². The van der Waals surface area contributed by atoms with Crippen LogP contribution >= 0.6 is 0 Å². The highest BCUT2D eigenvalue weighted by Crippen LogP contribution is 2.53. The van der Waals surface area contributed by atoms with Crippen LogP contribution in [0.5, 0.6) is 0 Å². The topological polar surface area (TPSA) is 76.9 Å². The fraction of sp³-hybridized carbons (Fsp3) is 0.645. The highest BCUT2D eigenvalue weighted by atomic mass is 19.1. The number of morpholine rings is 2. The highest BCUT2D eigenvalue weighted by molar-refractivity contribution is 6.20. The Morgan fingerprint density at radius 1 is 1.00 bits per heavy atom. The molecule has 0 N–H and O–H groups in total. The van der Waals surface area contributed by atoms with Crippen molar-refractivity contribution in [1.29, 1.82) is 0 Å². The molecule has 3 aliphatic heterocycles. The maximum atomic E-state index is 16.4. The van der Waals surface area contributed by atoms with Crippen LogP contribution in [-0.4, -0.2) is 87.8 Å². The van der Waals surface area contributed by atoms with Crippen LogP contribution in [0.2, 0.25) is 0 Å². The van der Waals surface area contributed by atoms with Gasteiger partial charge in [0.2, 0.25) is 0 Å². The molecule has 5 fully saturated rings. The summed E-state index contributed by atoms with van der Waals surface area (Å²) >= 11 is 0. The van der Waals surface area contributed by atoms with E-state index in [0.29, 0.717) is 38.1 Å². The molecule has 9 heteroatoms. The molecular weight excluding hydrogens is 511 g/mol. The van der Waals surface area contributed by atoms with Gasteiger partial charge in [-0.1, -0.05) is 31.4 Å². The van der Waals surface area contributed by atoms with Gasteiger partial charge in [-0.3, -0.25) is 9.59 Å². The first-order valence-corrected chi connectivity index (χ1v) is 15.2. The number of Topliss-reactive ketones (excluding diaryl/α,β-unsaturated/α-hetero) is 1. The van der Waals surface area contributed by atoms with E-state index in [9.17, 15) is 9.59 Å². The van der Waals surface area contributed by atoms with E-state index in [1.165, 1.54) is 19.3 Å². The summed E-state index contributed by atoms with van der Waals surface area (Å²) in [5, 5.41) is 0. The Balaban J connectivity index is 1.24. The zero-order chi connectivity index (χ0) is 27.0. The molecule has 3 aliphatic carbocycles. The zero-order valence-electron chi connectivity index (χ0n) is 22.7. The van der Waals surface area contributed by atoms with Crippen LogP contribution in [0.4, 0.5) is 4.39 Å². The molecule has 3 saturated carbocycles. The molecule has 9 unspecified atom stereocenters. The fourth-order valence-electron chi connectivity index (χ4n) is 9.02. The minimum Gasteiger partial charge on any atom is -0.378 e. The summed E-state index contributed by atoms with van der Waals surface area (Å²) in [5.74, 6) is 0.0386. The van der Waals surface area contributed by atoms with Gasteiger partial charge in [0.25, 0.3) is 5.91 Å². The number of nitrogens with zero attached hydrogens (tertiary/aromatic N) is 4. The molecule has 8 nitrogen and oxygen atoms in total. The van der Waals surface area contributed by atoms with Crippen LogP contribution in [0, 0.1) is 17.8 Å². The van der Waals surface area contributed by atoms with Gasteiger partial charge in [-0.05, 0) is 49.7 Å². The van der Waals surface area contributed by atoms with E-state index in [2.05, 4.69) is 9.88 Å². The minimum absolute atomic E-state index is 0.0481. The van der Waals surface area contributed by atoms with Gasteiger partial charge in [-0.25, -0.2) is 9.37 Å². The number of halogens is 1. The van der Waals surface area contributed by atoms with Gasteiger partial charge in [0.15, 0.2) is 5.78 Å². The summed E-state index contributed by atoms with van der Waals surface area (Å²) < 4.78 is 30.8. The van der Waals surface area contributed by atoms with E-state index in [1.54, 1.807) is 11.2 Å². The van der Waals surface area contributed by atoms with Crippen molar-refractivity contribution < 1.29 is 23.5 Å². The van der Waals surface area contributed by atoms with Crippen LogP contribution in [0.15, 0.2) is 42.4 Å². The molecule has 1 amide bonds. The van der Waals surface area contributed by atoms with Crippen LogP contribution in [0.1, 0.15) is 51.0 Å². The van der Waals surface area contributed by atoms with E-state index in [-0.39, 0.29) is 41.9 Å². The maximum absolute atomic E-state index is 16.4. The zero-order valence-corrected chi connectivity index (χ0v) is 22.7. The molecule has 4 heterocycles. The maximum Gasteiger partial charge on any atom is 0.259 e. The van der Waals surface area contributed by atoms with Gasteiger partial charge in [-0.2, -0.15) is 0 Å². The Hall–Kier alpha value is -2.78. The van der Waals surface area contributed by atoms with Gasteiger partial charge in [0, 0.05) is 25.2 Å². The predicted molar refractivity (Wildman–Crippen MR) is 145 cm³/mol. The number of fused-ring (bicyclic) bond motifs is 5. The average molecular weight is 549 g/mol. The van der Waals surface area contributed by atoms with E-state index in [0.717, 1.165) is 30.3 Å². The SMILES string of the molecule is O=C1C(C(=O)N2CCOCC2)=CN2C3C(CCC4CCCCC43)OC3C2C1CC(F)C3n1cnc2ccccc21. The van der Waals surface area contributed by atoms with Crippen molar-refractivity contribution in [3.05, 3.63) is 42.4 Å². The van der Waals surface area contributed by atoms with Crippen molar-refractivity contribution in [2.75, 3.05) is 26.3 Å². The lowest BCUT2D eigenvalue weighted by Gasteiger charge is -2.62. The highest BCUT2D eigenvalue weighted by Gasteiger charge is 2.61. The minimum atomic E-state index is -1.30. The molecule has 0 spiro atoms. The number of rotatable bonds is 2. The molecule has 6 aliphatic rings. The quantitative estimate of drug-likeness (QED) is 0.533. The molecule has 2 aromatic rings. The van der Waals surface area contributed by atoms with Gasteiger partial charge in [-0.15, -0.1) is 0 Å². The second-order valence-corrected chi connectivity index (χ2v) is 12.7. The van der Waals surface area contributed by atoms with Gasteiger partial charge < -0.3 is 23.8 Å². The molecule has 2 saturated heterocycles. The smallest absolute Gasteiger partial charge is 0.259 e. The number of ether oxygens (including phenoxy) is 2. The first-order valence-electron chi connectivity index (χ1n) is 15.2. The second kappa shape index (κ2) is 9.65. The monoisotopic (exact) mass is 548 g/mol.